The summed E-state index contributed by atoms with van der Waals surface area (Å²) < 4.78 is 0. The summed E-state index contributed by atoms with van der Waals surface area (Å²) in [5.74, 6) is 0. The van der Waals surface area contributed by atoms with Crippen LogP contribution in [0, 0.1) is 12.1 Å². The summed E-state index contributed by atoms with van der Waals surface area (Å²) in [6.07, 6.45) is 8.41. The molecular weight excluding hydrogens is 244 g/mol. The van der Waals surface area contributed by atoms with Crippen molar-refractivity contribution in [3.63, 3.8) is 0 Å². The molecule has 20 heavy (non-hydrogen) atoms. The van der Waals surface area contributed by atoms with Crippen LogP contribution in [0.1, 0.15) is 6.42 Å². The van der Waals surface area contributed by atoms with Gasteiger partial charge >= 0.3 is 0 Å². The first-order valence-corrected chi connectivity index (χ1v) is 6.50. The van der Waals surface area contributed by atoms with E-state index in [0.717, 1.165) is 17.5 Å². The normalized spacial score (nSPS) is 15.5. The van der Waals surface area contributed by atoms with Gasteiger partial charge in [0.2, 0.25) is 0 Å². The molecule has 1 aliphatic rings. The minimum absolute atomic E-state index is 0.0381. The van der Waals surface area contributed by atoms with Crippen molar-refractivity contribution >= 4 is 11.8 Å². The number of fused-ring (bicyclic) bond motifs is 1. The summed E-state index contributed by atoms with van der Waals surface area (Å²) in [7, 11) is 0. The Balaban J connectivity index is 2.36. The summed E-state index contributed by atoms with van der Waals surface area (Å²) in [5, 5.41) is 1.28. The van der Waals surface area contributed by atoms with E-state index in [9.17, 15) is 4.79 Å². The monoisotopic (exact) mass is 256 g/mol. The third-order valence-corrected chi connectivity index (χ3v) is 3.12. The third kappa shape index (κ3) is 2.47. The molecule has 0 atom stereocenters. The lowest BCUT2D eigenvalue weighted by molar-refractivity contribution is 1.40. The molecule has 0 bridgehead atoms. The molecular formula is C19H12O. The van der Waals surface area contributed by atoms with E-state index in [4.69, 9.17) is 0 Å². The highest BCUT2D eigenvalue weighted by molar-refractivity contribution is 5.61. The second kappa shape index (κ2) is 5.45. The summed E-state index contributed by atoms with van der Waals surface area (Å²) in [5.41, 5.74) is 4.79. The average Bonchev–Trinajstić information content (AvgIpc) is 2.59. The Bertz CT molecular complexity index is 868. The lowest BCUT2D eigenvalue weighted by atomic mass is 10.1. The van der Waals surface area contributed by atoms with E-state index in [1.54, 1.807) is 6.07 Å². The lowest BCUT2D eigenvalue weighted by Crippen LogP contribution is -2.34. The number of benzene rings is 1. The molecule has 0 saturated carbocycles. The van der Waals surface area contributed by atoms with Crippen molar-refractivity contribution in [2.75, 3.05) is 0 Å². The molecule has 94 valence electrons. The smallest absolute Gasteiger partial charge is 0.188 e. The van der Waals surface area contributed by atoms with E-state index >= 15 is 0 Å². The zero-order valence-electron chi connectivity index (χ0n) is 10.9. The Morgan fingerprint density at radius 1 is 1.05 bits per heavy atom. The van der Waals surface area contributed by atoms with E-state index in [2.05, 4.69) is 17.9 Å². The highest BCUT2D eigenvalue weighted by Crippen LogP contribution is 2.13. The highest BCUT2D eigenvalue weighted by Gasteiger charge is 1.97. The number of hydrogen-bond donors (Lipinski definition) is 0. The maximum absolute atomic E-state index is 12.4. The van der Waals surface area contributed by atoms with Gasteiger partial charge in [0, 0.05) is 16.8 Å². The fourth-order valence-electron chi connectivity index (χ4n) is 2.09. The molecule has 0 spiro atoms. The first-order chi connectivity index (χ1) is 9.84. The maximum Gasteiger partial charge on any atom is 0.188 e. The van der Waals surface area contributed by atoms with Crippen LogP contribution in [0.25, 0.3) is 22.9 Å². The Labute approximate surface area is 117 Å². The zero-order chi connectivity index (χ0) is 13.8. The van der Waals surface area contributed by atoms with E-state index in [0.29, 0.717) is 10.4 Å². The largest absolute Gasteiger partial charge is 0.289 e. The van der Waals surface area contributed by atoms with Gasteiger partial charge in [-0.2, -0.15) is 0 Å². The van der Waals surface area contributed by atoms with Crippen molar-refractivity contribution < 1.29 is 0 Å². The number of rotatable bonds is 1. The first kappa shape index (κ1) is 12.2. The summed E-state index contributed by atoms with van der Waals surface area (Å²) in [4.78, 5) is 12.4. The van der Waals surface area contributed by atoms with E-state index in [1.165, 1.54) is 0 Å². The van der Waals surface area contributed by atoms with Gasteiger partial charge in [0.05, 0.1) is 5.22 Å². The van der Waals surface area contributed by atoms with E-state index in [1.807, 2.05) is 54.6 Å². The van der Waals surface area contributed by atoms with Crippen molar-refractivity contribution in [1.29, 1.82) is 0 Å². The zero-order valence-corrected chi connectivity index (χ0v) is 10.9. The molecule has 3 rings (SSSR count). The van der Waals surface area contributed by atoms with Crippen LogP contribution >= 0.6 is 0 Å². The predicted octanol–water partition coefficient (Wildman–Crippen LogP) is 1.99. The number of hydrogen-bond acceptors (Lipinski definition) is 1. The molecule has 0 aromatic heterocycles. The van der Waals surface area contributed by atoms with Crippen LogP contribution in [0.4, 0.5) is 0 Å². The molecule has 0 N–H and O–H groups in total. The van der Waals surface area contributed by atoms with Crippen LogP contribution in [-0.4, -0.2) is 0 Å². The summed E-state index contributed by atoms with van der Waals surface area (Å²) in [6.45, 7) is 0. The van der Waals surface area contributed by atoms with Crippen molar-refractivity contribution in [2.24, 2.45) is 0 Å². The average molecular weight is 256 g/mol. The summed E-state index contributed by atoms with van der Waals surface area (Å²) in [6, 6.07) is 17.5. The van der Waals surface area contributed by atoms with Crippen LogP contribution in [0.2, 0.25) is 0 Å². The van der Waals surface area contributed by atoms with E-state index in [-0.39, 0.29) is 5.43 Å². The molecule has 2 aromatic rings. The molecule has 0 amide bonds. The minimum atomic E-state index is -0.0381. The van der Waals surface area contributed by atoms with Gasteiger partial charge in [0.15, 0.2) is 5.43 Å². The molecule has 0 fully saturated rings. The van der Waals surface area contributed by atoms with E-state index < -0.39 is 0 Å². The second-order valence-electron chi connectivity index (χ2n) is 4.51. The molecule has 2 aromatic carbocycles. The lowest BCUT2D eigenvalue weighted by Gasteiger charge is -1.93. The third-order valence-electron chi connectivity index (χ3n) is 3.12. The van der Waals surface area contributed by atoms with Gasteiger partial charge in [-0.15, -0.1) is 5.73 Å². The molecule has 0 saturated heterocycles. The first-order valence-electron chi connectivity index (χ1n) is 6.50. The van der Waals surface area contributed by atoms with Gasteiger partial charge < -0.3 is 0 Å². The molecule has 0 aliphatic heterocycles. The van der Waals surface area contributed by atoms with Crippen LogP contribution in [0.3, 0.4) is 0 Å². The summed E-state index contributed by atoms with van der Waals surface area (Å²) >= 11 is 0. The Morgan fingerprint density at radius 3 is 2.75 bits per heavy atom. The Kier molecular flexibility index (Phi) is 3.33. The molecule has 0 radical (unpaired) electrons. The Morgan fingerprint density at radius 2 is 1.90 bits per heavy atom. The second-order valence-corrected chi connectivity index (χ2v) is 4.51. The molecule has 1 aliphatic carbocycles. The van der Waals surface area contributed by atoms with Gasteiger partial charge in [-0.3, -0.25) is 4.79 Å². The SMILES string of the molecule is O=c1cc(-c2ccccc2)c#cc2/c1=C\C=C/CC=C=2. The van der Waals surface area contributed by atoms with Crippen molar-refractivity contribution in [3.05, 3.63) is 87.4 Å². The Hall–Kier alpha value is -2.81. The number of allylic oxidation sites excluding steroid dienone is 3. The van der Waals surface area contributed by atoms with Crippen LogP contribution in [0.15, 0.2) is 59.4 Å². The van der Waals surface area contributed by atoms with Crippen molar-refractivity contribution in [3.8, 4) is 11.1 Å². The quantitative estimate of drug-likeness (QED) is 0.762. The standard InChI is InChI=1S/C19H12O/c20-19-14-17(15-8-5-3-6-9-15)13-12-16-10-4-1-2-7-11-18(16)19/h2-9,11,14H,1H2/b7-2-,18-11+. The highest BCUT2D eigenvalue weighted by atomic mass is 16.1. The minimum Gasteiger partial charge on any atom is -0.289 e. The maximum atomic E-state index is 12.4. The topological polar surface area (TPSA) is 17.1 Å². The molecule has 0 unspecified atom stereocenters. The van der Waals surface area contributed by atoms with Crippen LogP contribution in [0.5, 0.6) is 0 Å². The predicted molar refractivity (Wildman–Crippen MR) is 81.3 cm³/mol. The van der Waals surface area contributed by atoms with Gasteiger partial charge in [-0.05, 0) is 24.1 Å². The van der Waals surface area contributed by atoms with Gasteiger partial charge in [-0.1, -0.05) is 54.6 Å². The van der Waals surface area contributed by atoms with Gasteiger partial charge in [-0.25, -0.2) is 0 Å². The van der Waals surface area contributed by atoms with Crippen LogP contribution < -0.4 is 15.9 Å². The molecule has 1 nitrogen and oxygen atoms in total. The molecule has 0 heterocycles. The van der Waals surface area contributed by atoms with Crippen molar-refractivity contribution in [1.82, 2.24) is 0 Å². The van der Waals surface area contributed by atoms with Crippen LogP contribution in [-0.2, 0) is 0 Å². The van der Waals surface area contributed by atoms with Crippen molar-refractivity contribution in [2.45, 2.75) is 6.42 Å². The fraction of sp³-hybridized carbons (Fsp3) is 0.0526. The van der Waals surface area contributed by atoms with Gasteiger partial charge in [0.25, 0.3) is 0 Å². The molecule has 1 heteroatoms. The fourth-order valence-corrected chi connectivity index (χ4v) is 2.09. The van der Waals surface area contributed by atoms with Gasteiger partial charge in [0.1, 0.15) is 0 Å².